The van der Waals surface area contributed by atoms with Crippen LogP contribution < -0.4 is 4.90 Å². The first-order valence-corrected chi connectivity index (χ1v) is 20.7. The predicted molar refractivity (Wildman–Crippen MR) is 256 cm³/mol. The summed E-state index contributed by atoms with van der Waals surface area (Å²) in [5, 5.41) is 12.6. The number of hydrogen-bond acceptors (Lipinski definition) is 1. The van der Waals surface area contributed by atoms with Gasteiger partial charge in [-0.3, -0.25) is 0 Å². The molecule has 1 heterocycles. The van der Waals surface area contributed by atoms with Gasteiger partial charge in [0.15, 0.2) is 0 Å². The Morgan fingerprint density at radius 3 is 1.53 bits per heavy atom. The van der Waals surface area contributed by atoms with E-state index in [0.717, 1.165) is 17.1 Å². The van der Waals surface area contributed by atoms with E-state index in [1.54, 1.807) is 0 Å². The summed E-state index contributed by atoms with van der Waals surface area (Å²) in [6.45, 7) is 0. The van der Waals surface area contributed by atoms with E-state index in [4.69, 9.17) is 0 Å². The van der Waals surface area contributed by atoms with Crippen LogP contribution in [0.15, 0.2) is 231 Å². The minimum Gasteiger partial charge on any atom is -0.310 e. The first-order chi connectivity index (χ1) is 29.7. The Balaban J connectivity index is 0.980. The molecule has 12 rings (SSSR count). The zero-order valence-corrected chi connectivity index (χ0v) is 32.8. The van der Waals surface area contributed by atoms with Crippen LogP contribution in [0.2, 0.25) is 0 Å². The molecule has 1 aromatic heterocycles. The van der Waals surface area contributed by atoms with E-state index in [1.807, 2.05) is 0 Å². The number of para-hydroxylation sites is 2. The molecule has 0 saturated heterocycles. The first kappa shape index (κ1) is 34.1. The van der Waals surface area contributed by atoms with Gasteiger partial charge in [0.25, 0.3) is 0 Å². The molecule has 60 heavy (non-hydrogen) atoms. The van der Waals surface area contributed by atoms with E-state index in [1.165, 1.54) is 92.8 Å². The Morgan fingerprint density at radius 1 is 0.267 bits per heavy atom. The average molecular weight is 763 g/mol. The Bertz CT molecular complexity index is 3580. The topological polar surface area (TPSA) is 8.17 Å². The second kappa shape index (κ2) is 13.9. The Labute approximate surface area is 348 Å². The molecular weight excluding hydrogens is 725 g/mol. The molecule has 0 bridgehead atoms. The number of nitrogens with zero attached hydrogens (tertiary/aromatic N) is 2. The number of fused-ring (bicyclic) bond motifs is 9. The summed E-state index contributed by atoms with van der Waals surface area (Å²) in [5.74, 6) is 0. The van der Waals surface area contributed by atoms with Crippen LogP contribution in [0.5, 0.6) is 0 Å². The second-order valence-electron chi connectivity index (χ2n) is 15.7. The van der Waals surface area contributed by atoms with E-state index in [-0.39, 0.29) is 0 Å². The summed E-state index contributed by atoms with van der Waals surface area (Å²) in [7, 11) is 0. The van der Waals surface area contributed by atoms with Gasteiger partial charge in [0.2, 0.25) is 0 Å². The molecule has 0 N–H and O–H groups in total. The van der Waals surface area contributed by atoms with Crippen LogP contribution in [0.1, 0.15) is 0 Å². The smallest absolute Gasteiger partial charge is 0.0541 e. The summed E-state index contributed by atoms with van der Waals surface area (Å²) < 4.78 is 2.37. The van der Waals surface area contributed by atoms with Crippen molar-refractivity contribution < 1.29 is 0 Å². The van der Waals surface area contributed by atoms with Crippen LogP contribution in [0, 0.1) is 0 Å². The number of rotatable bonds is 6. The van der Waals surface area contributed by atoms with Crippen molar-refractivity contribution in [1.82, 2.24) is 4.57 Å². The largest absolute Gasteiger partial charge is 0.310 e. The van der Waals surface area contributed by atoms with Crippen molar-refractivity contribution in [3.8, 4) is 27.9 Å². The van der Waals surface area contributed by atoms with Gasteiger partial charge in [0, 0.05) is 33.5 Å². The molecule has 0 spiro atoms. The van der Waals surface area contributed by atoms with E-state index in [2.05, 4.69) is 240 Å². The lowest BCUT2D eigenvalue weighted by molar-refractivity contribution is 1.18. The second-order valence-corrected chi connectivity index (χ2v) is 15.7. The average Bonchev–Trinajstić information content (AvgIpc) is 3.66. The highest BCUT2D eigenvalue weighted by molar-refractivity contribution is 6.14. The van der Waals surface area contributed by atoms with Crippen LogP contribution in [-0.2, 0) is 0 Å². The maximum Gasteiger partial charge on any atom is 0.0541 e. The van der Waals surface area contributed by atoms with Crippen molar-refractivity contribution >= 4 is 82.0 Å². The van der Waals surface area contributed by atoms with Gasteiger partial charge in [0.05, 0.1) is 11.0 Å². The molecule has 0 aliphatic carbocycles. The van der Waals surface area contributed by atoms with Crippen molar-refractivity contribution in [2.24, 2.45) is 0 Å². The zero-order chi connectivity index (χ0) is 39.6. The Hall–Kier alpha value is -7.94. The molecule has 0 aliphatic rings. The minimum absolute atomic E-state index is 1.10. The molecule has 0 saturated carbocycles. The van der Waals surface area contributed by atoms with Crippen molar-refractivity contribution in [3.63, 3.8) is 0 Å². The summed E-state index contributed by atoms with van der Waals surface area (Å²) in [6.07, 6.45) is 0. The number of aromatic nitrogens is 1. The molecule has 11 aromatic carbocycles. The van der Waals surface area contributed by atoms with Gasteiger partial charge in [-0.05, 0) is 138 Å². The van der Waals surface area contributed by atoms with Gasteiger partial charge in [-0.15, -0.1) is 0 Å². The molecule has 280 valence electrons. The molecule has 0 amide bonds. The fourth-order valence-corrected chi connectivity index (χ4v) is 9.47. The van der Waals surface area contributed by atoms with Gasteiger partial charge in [0.1, 0.15) is 0 Å². The van der Waals surface area contributed by atoms with E-state index < -0.39 is 0 Å². The Kier molecular flexibility index (Phi) is 7.89. The summed E-state index contributed by atoms with van der Waals surface area (Å²) in [6, 6.07) is 84.3. The monoisotopic (exact) mass is 762 g/mol. The van der Waals surface area contributed by atoms with Crippen LogP contribution in [0.3, 0.4) is 0 Å². The van der Waals surface area contributed by atoms with Crippen molar-refractivity contribution in [3.05, 3.63) is 231 Å². The van der Waals surface area contributed by atoms with Gasteiger partial charge in [-0.2, -0.15) is 0 Å². The Morgan fingerprint density at radius 2 is 0.783 bits per heavy atom. The first-order valence-electron chi connectivity index (χ1n) is 20.7. The highest BCUT2D eigenvalue weighted by atomic mass is 15.1. The summed E-state index contributed by atoms with van der Waals surface area (Å²) >= 11 is 0. The molecule has 0 atom stereocenters. The van der Waals surface area contributed by atoms with Gasteiger partial charge in [-0.1, -0.05) is 158 Å². The zero-order valence-electron chi connectivity index (χ0n) is 32.8. The third kappa shape index (κ3) is 5.57. The summed E-state index contributed by atoms with van der Waals surface area (Å²) in [4.78, 5) is 2.39. The standard InChI is InChI=1S/C58H38N2/c1-2-14-45(15-3-1)60-57-21-11-10-20-53(57)56-36-43(29-35-58(56)60)39-24-30-46(31-25-39)59(48-34-28-41-23-22-40-12-4-6-16-49(40)55(41)38-48)47-32-26-42(27-33-47)54-37-44-13-5-7-17-50(44)51-18-8-9-19-52(51)54/h1-38H. The van der Waals surface area contributed by atoms with Crippen LogP contribution >= 0.6 is 0 Å². The van der Waals surface area contributed by atoms with Gasteiger partial charge in [-0.25, -0.2) is 0 Å². The lowest BCUT2D eigenvalue weighted by Gasteiger charge is -2.26. The third-order valence-corrected chi connectivity index (χ3v) is 12.3. The molecule has 2 nitrogen and oxygen atoms in total. The van der Waals surface area contributed by atoms with Crippen molar-refractivity contribution in [2.75, 3.05) is 4.90 Å². The fourth-order valence-electron chi connectivity index (χ4n) is 9.47. The SMILES string of the molecule is c1ccc(-n2c3ccccc3c3cc(-c4ccc(N(c5ccc(-c6cc7ccccc7c7ccccc67)cc5)c5ccc6ccc7ccccc7c6c5)cc4)ccc32)cc1. The lowest BCUT2D eigenvalue weighted by Crippen LogP contribution is -2.10. The van der Waals surface area contributed by atoms with E-state index in [9.17, 15) is 0 Å². The number of anilines is 3. The molecule has 0 unspecified atom stereocenters. The molecule has 0 radical (unpaired) electrons. The fraction of sp³-hybridized carbons (Fsp3) is 0. The molecule has 0 fully saturated rings. The minimum atomic E-state index is 1.10. The number of hydrogen-bond donors (Lipinski definition) is 0. The normalized spacial score (nSPS) is 11.7. The molecule has 12 aromatic rings. The maximum atomic E-state index is 2.39. The van der Waals surface area contributed by atoms with Gasteiger partial charge >= 0.3 is 0 Å². The van der Waals surface area contributed by atoms with Crippen LogP contribution in [0.4, 0.5) is 17.1 Å². The maximum absolute atomic E-state index is 2.39. The van der Waals surface area contributed by atoms with Crippen LogP contribution in [0.25, 0.3) is 92.8 Å². The van der Waals surface area contributed by atoms with Crippen molar-refractivity contribution in [1.29, 1.82) is 0 Å². The highest BCUT2D eigenvalue weighted by Gasteiger charge is 2.17. The molecular formula is C58H38N2. The van der Waals surface area contributed by atoms with E-state index >= 15 is 0 Å². The van der Waals surface area contributed by atoms with Crippen LogP contribution in [-0.4, -0.2) is 4.57 Å². The molecule has 2 heteroatoms. The predicted octanol–water partition coefficient (Wildman–Crippen LogP) is 16.2. The molecule has 0 aliphatic heterocycles. The summed E-state index contributed by atoms with van der Waals surface area (Å²) in [5.41, 5.74) is 11.7. The third-order valence-electron chi connectivity index (χ3n) is 12.3. The lowest BCUT2D eigenvalue weighted by atomic mass is 9.93. The highest BCUT2D eigenvalue weighted by Crippen LogP contribution is 2.42. The van der Waals surface area contributed by atoms with Crippen molar-refractivity contribution in [2.45, 2.75) is 0 Å². The quantitative estimate of drug-likeness (QED) is 0.153. The number of benzene rings is 11. The van der Waals surface area contributed by atoms with Gasteiger partial charge < -0.3 is 9.47 Å². The van der Waals surface area contributed by atoms with E-state index in [0.29, 0.717) is 0 Å².